The molecule has 1 heterocycles. The van der Waals surface area contributed by atoms with E-state index in [0.717, 1.165) is 0 Å². The second kappa shape index (κ2) is 2.82. The summed E-state index contributed by atoms with van der Waals surface area (Å²) < 4.78 is -1.43. The molecule has 0 fully saturated rings. The predicted molar refractivity (Wildman–Crippen MR) is 45.0 cm³/mol. The number of hydrogen-bond donors (Lipinski definition) is 1. The number of H-pyrrole nitrogens is 1. The molecule has 0 atom stereocenters. The van der Waals surface area contributed by atoms with Gasteiger partial charge >= 0.3 is 0 Å². The molecule has 1 rings (SSSR count). The van der Waals surface area contributed by atoms with Crippen LogP contribution in [0.1, 0.15) is 5.56 Å². The molecule has 1 aromatic rings. The molecular formula is C5H3Cl4N. The number of rotatable bonds is 0. The van der Waals surface area contributed by atoms with E-state index in [-0.39, 0.29) is 0 Å². The SMILES string of the molecule is Clc1[nH]ccc1C(Cl)(Cl)Cl. The molecule has 0 aliphatic rings. The first kappa shape index (κ1) is 8.54. The third kappa shape index (κ3) is 1.73. The summed E-state index contributed by atoms with van der Waals surface area (Å²) in [5.74, 6) is 0. The fourth-order valence-corrected chi connectivity index (χ4v) is 1.45. The van der Waals surface area contributed by atoms with Crippen LogP contribution in [0.5, 0.6) is 0 Å². The second-order valence-electron chi connectivity index (χ2n) is 1.70. The average Bonchev–Trinajstić information content (AvgIpc) is 2.11. The highest BCUT2D eigenvalue weighted by molar-refractivity contribution is 6.67. The molecule has 0 amide bonds. The molecule has 0 aliphatic carbocycles. The Hall–Kier alpha value is 0.440. The summed E-state index contributed by atoms with van der Waals surface area (Å²) in [6.07, 6.45) is 1.61. The molecule has 10 heavy (non-hydrogen) atoms. The van der Waals surface area contributed by atoms with Crippen LogP contribution < -0.4 is 0 Å². The Labute approximate surface area is 78.2 Å². The Morgan fingerprint density at radius 2 is 1.90 bits per heavy atom. The van der Waals surface area contributed by atoms with Gasteiger partial charge in [-0.3, -0.25) is 0 Å². The van der Waals surface area contributed by atoms with Gasteiger partial charge in [0, 0.05) is 11.8 Å². The maximum Gasteiger partial charge on any atom is 0.218 e. The van der Waals surface area contributed by atoms with Gasteiger partial charge in [-0.25, -0.2) is 0 Å². The van der Waals surface area contributed by atoms with Gasteiger partial charge in [0.2, 0.25) is 3.79 Å². The lowest BCUT2D eigenvalue weighted by atomic mass is 10.4. The number of aromatic amines is 1. The molecule has 0 aromatic carbocycles. The third-order valence-electron chi connectivity index (χ3n) is 1.00. The first-order valence-corrected chi connectivity index (χ1v) is 3.93. The first-order valence-electron chi connectivity index (χ1n) is 2.42. The van der Waals surface area contributed by atoms with Crippen LogP contribution in [0.25, 0.3) is 0 Å². The van der Waals surface area contributed by atoms with Crippen LogP contribution in [-0.2, 0) is 3.79 Å². The van der Waals surface area contributed by atoms with Gasteiger partial charge in [0.25, 0.3) is 0 Å². The largest absolute Gasteiger partial charge is 0.352 e. The topological polar surface area (TPSA) is 15.8 Å². The van der Waals surface area contributed by atoms with E-state index in [2.05, 4.69) is 4.98 Å². The van der Waals surface area contributed by atoms with E-state index in [4.69, 9.17) is 46.4 Å². The van der Waals surface area contributed by atoms with Crippen molar-refractivity contribution in [2.75, 3.05) is 0 Å². The van der Waals surface area contributed by atoms with Crippen LogP contribution in [0, 0.1) is 0 Å². The molecule has 0 unspecified atom stereocenters. The number of halogens is 4. The quantitative estimate of drug-likeness (QED) is 0.642. The molecule has 0 aliphatic heterocycles. The van der Waals surface area contributed by atoms with Gasteiger partial charge in [-0.15, -0.1) is 0 Å². The van der Waals surface area contributed by atoms with Crippen molar-refractivity contribution in [1.29, 1.82) is 0 Å². The summed E-state index contributed by atoms with van der Waals surface area (Å²) >= 11 is 22.2. The molecule has 0 spiro atoms. The van der Waals surface area contributed by atoms with Crippen LogP contribution in [-0.4, -0.2) is 4.98 Å². The average molecular weight is 219 g/mol. The lowest BCUT2D eigenvalue weighted by Crippen LogP contribution is -1.97. The smallest absolute Gasteiger partial charge is 0.218 e. The zero-order chi connectivity index (χ0) is 7.78. The van der Waals surface area contributed by atoms with Crippen molar-refractivity contribution < 1.29 is 0 Å². The highest BCUT2D eigenvalue weighted by Crippen LogP contribution is 2.41. The standard InChI is InChI=1S/C5H3Cl4N/c6-4-3(1-2-10-4)5(7,8)9/h1-2,10H. The van der Waals surface area contributed by atoms with E-state index in [1.807, 2.05) is 0 Å². The maximum absolute atomic E-state index is 5.62. The number of alkyl halides is 3. The van der Waals surface area contributed by atoms with Gasteiger partial charge in [0.05, 0.1) is 0 Å². The summed E-state index contributed by atoms with van der Waals surface area (Å²) in [5.41, 5.74) is 0.471. The van der Waals surface area contributed by atoms with Gasteiger partial charge in [-0.1, -0.05) is 46.4 Å². The molecule has 0 bridgehead atoms. The molecular weight excluding hydrogens is 216 g/mol. The molecule has 0 saturated heterocycles. The summed E-state index contributed by atoms with van der Waals surface area (Å²) in [7, 11) is 0. The van der Waals surface area contributed by atoms with Gasteiger partial charge in [0.15, 0.2) is 0 Å². The molecule has 56 valence electrons. The highest BCUT2D eigenvalue weighted by atomic mass is 35.6. The number of aromatic nitrogens is 1. The minimum atomic E-state index is -1.43. The Kier molecular flexibility index (Phi) is 2.41. The monoisotopic (exact) mass is 217 g/mol. The van der Waals surface area contributed by atoms with E-state index in [9.17, 15) is 0 Å². The van der Waals surface area contributed by atoms with Gasteiger partial charge in [0.1, 0.15) is 5.15 Å². The first-order chi connectivity index (χ1) is 4.52. The summed E-state index contributed by atoms with van der Waals surface area (Å²) in [4.78, 5) is 2.69. The van der Waals surface area contributed by atoms with Crippen molar-refractivity contribution in [3.8, 4) is 0 Å². The van der Waals surface area contributed by atoms with Crippen LogP contribution in [0.2, 0.25) is 5.15 Å². The molecule has 1 aromatic heterocycles. The van der Waals surface area contributed by atoms with E-state index in [1.165, 1.54) is 0 Å². The van der Waals surface area contributed by atoms with Gasteiger partial charge in [-0.05, 0) is 6.07 Å². The fourth-order valence-electron chi connectivity index (χ4n) is 0.568. The lowest BCUT2D eigenvalue weighted by molar-refractivity contribution is 1.24. The van der Waals surface area contributed by atoms with Crippen molar-refractivity contribution in [2.45, 2.75) is 3.79 Å². The minimum absolute atomic E-state index is 0.361. The maximum atomic E-state index is 5.62. The van der Waals surface area contributed by atoms with Crippen LogP contribution in [0.15, 0.2) is 12.3 Å². The number of nitrogens with one attached hydrogen (secondary N) is 1. The Morgan fingerprint density at radius 3 is 2.10 bits per heavy atom. The van der Waals surface area contributed by atoms with E-state index >= 15 is 0 Å². The Balaban J connectivity index is 3.05. The van der Waals surface area contributed by atoms with Crippen LogP contribution in [0.4, 0.5) is 0 Å². The van der Waals surface area contributed by atoms with Crippen molar-refractivity contribution in [3.05, 3.63) is 23.0 Å². The molecule has 0 radical (unpaired) electrons. The van der Waals surface area contributed by atoms with Crippen LogP contribution >= 0.6 is 46.4 Å². The number of hydrogen-bond acceptors (Lipinski definition) is 0. The normalized spacial score (nSPS) is 12.0. The van der Waals surface area contributed by atoms with Crippen LogP contribution in [0.3, 0.4) is 0 Å². The molecule has 1 nitrogen and oxygen atoms in total. The third-order valence-corrected chi connectivity index (χ3v) is 1.93. The lowest BCUT2D eigenvalue weighted by Gasteiger charge is -2.07. The van der Waals surface area contributed by atoms with Crippen molar-refractivity contribution in [2.24, 2.45) is 0 Å². The molecule has 1 N–H and O–H groups in total. The second-order valence-corrected chi connectivity index (χ2v) is 4.36. The van der Waals surface area contributed by atoms with Crippen molar-refractivity contribution in [1.82, 2.24) is 4.98 Å². The molecule has 5 heteroatoms. The highest BCUT2D eigenvalue weighted by Gasteiger charge is 2.25. The van der Waals surface area contributed by atoms with Crippen molar-refractivity contribution >= 4 is 46.4 Å². The van der Waals surface area contributed by atoms with Gasteiger partial charge in [-0.2, -0.15) is 0 Å². The van der Waals surface area contributed by atoms with E-state index in [0.29, 0.717) is 10.7 Å². The summed E-state index contributed by atoms with van der Waals surface area (Å²) in [6.45, 7) is 0. The van der Waals surface area contributed by atoms with Gasteiger partial charge < -0.3 is 4.98 Å². The Bertz CT molecular complexity index is 224. The fraction of sp³-hybridized carbons (Fsp3) is 0.200. The molecule has 0 saturated carbocycles. The van der Waals surface area contributed by atoms with E-state index in [1.54, 1.807) is 12.3 Å². The minimum Gasteiger partial charge on any atom is -0.352 e. The van der Waals surface area contributed by atoms with Crippen molar-refractivity contribution in [3.63, 3.8) is 0 Å². The summed E-state index contributed by atoms with van der Waals surface area (Å²) in [6, 6.07) is 1.62. The summed E-state index contributed by atoms with van der Waals surface area (Å²) in [5, 5.41) is 0.361. The zero-order valence-electron chi connectivity index (χ0n) is 4.67. The Morgan fingerprint density at radius 1 is 1.30 bits per heavy atom. The zero-order valence-corrected chi connectivity index (χ0v) is 7.69. The predicted octanol–water partition coefficient (Wildman–Crippen LogP) is 3.49. The van der Waals surface area contributed by atoms with E-state index < -0.39 is 3.79 Å².